The van der Waals surface area contributed by atoms with Gasteiger partial charge in [0, 0.05) is 17.3 Å². The summed E-state index contributed by atoms with van der Waals surface area (Å²) in [6.45, 7) is 2.02. The summed E-state index contributed by atoms with van der Waals surface area (Å²) < 4.78 is 0. The van der Waals surface area contributed by atoms with E-state index >= 15 is 0 Å². The third-order valence-electron chi connectivity index (χ3n) is 2.81. The van der Waals surface area contributed by atoms with Gasteiger partial charge in [0.25, 0.3) is 0 Å². The Labute approximate surface area is 108 Å². The number of nitrogens with zero attached hydrogens (tertiary/aromatic N) is 1. The van der Waals surface area contributed by atoms with Gasteiger partial charge in [-0.3, -0.25) is 0 Å². The Balaban J connectivity index is 2.30. The van der Waals surface area contributed by atoms with Gasteiger partial charge in [0.2, 0.25) is 0 Å². The Morgan fingerprint density at radius 2 is 1.72 bits per heavy atom. The molecule has 0 aliphatic rings. The smallest absolute Gasteiger partial charge is 0.0643 e. The van der Waals surface area contributed by atoms with Crippen LogP contribution < -0.4 is 5.32 Å². The van der Waals surface area contributed by atoms with E-state index in [1.807, 2.05) is 37.3 Å². The van der Waals surface area contributed by atoms with Crippen LogP contribution in [-0.4, -0.2) is 6.04 Å². The summed E-state index contributed by atoms with van der Waals surface area (Å²) in [5.74, 6) is 0. The lowest BCUT2D eigenvalue weighted by atomic mass is 10.0. The Morgan fingerprint density at radius 1 is 1.06 bits per heavy atom. The SMILES string of the molecule is CC(CC#N)Nc1ccccc1-c1ccccc1. The summed E-state index contributed by atoms with van der Waals surface area (Å²) in [5, 5.41) is 12.1. The first-order chi connectivity index (χ1) is 8.81. The average Bonchev–Trinajstić information content (AvgIpc) is 2.40. The maximum absolute atomic E-state index is 8.71. The Kier molecular flexibility index (Phi) is 3.98. The fourth-order valence-electron chi connectivity index (χ4n) is 1.93. The summed E-state index contributed by atoms with van der Waals surface area (Å²) >= 11 is 0. The molecule has 0 aliphatic carbocycles. The molecule has 0 aliphatic heterocycles. The third-order valence-corrected chi connectivity index (χ3v) is 2.81. The molecule has 1 atom stereocenters. The minimum Gasteiger partial charge on any atom is -0.381 e. The summed E-state index contributed by atoms with van der Waals surface area (Å²) in [5.41, 5.74) is 3.43. The van der Waals surface area contributed by atoms with E-state index in [-0.39, 0.29) is 6.04 Å². The second-order valence-electron chi connectivity index (χ2n) is 4.32. The molecule has 18 heavy (non-hydrogen) atoms. The molecule has 2 aromatic rings. The molecule has 0 spiro atoms. The number of hydrogen-bond acceptors (Lipinski definition) is 2. The summed E-state index contributed by atoms with van der Waals surface area (Å²) in [6, 6.07) is 20.8. The van der Waals surface area contributed by atoms with Gasteiger partial charge in [-0.05, 0) is 18.6 Å². The predicted octanol–water partition coefficient (Wildman–Crippen LogP) is 4.07. The minimum atomic E-state index is 0.153. The second-order valence-corrected chi connectivity index (χ2v) is 4.32. The van der Waals surface area contributed by atoms with Gasteiger partial charge in [0.1, 0.15) is 0 Å². The van der Waals surface area contributed by atoms with E-state index in [0.29, 0.717) is 6.42 Å². The highest BCUT2D eigenvalue weighted by molar-refractivity contribution is 5.77. The molecule has 0 bridgehead atoms. The van der Waals surface area contributed by atoms with Crippen LogP contribution in [0.15, 0.2) is 54.6 Å². The van der Waals surface area contributed by atoms with E-state index in [9.17, 15) is 0 Å². The van der Waals surface area contributed by atoms with Crippen LogP contribution in [0, 0.1) is 11.3 Å². The van der Waals surface area contributed by atoms with E-state index in [4.69, 9.17) is 5.26 Å². The maximum Gasteiger partial charge on any atom is 0.0643 e. The second kappa shape index (κ2) is 5.88. The van der Waals surface area contributed by atoms with Crippen LogP contribution in [0.3, 0.4) is 0 Å². The largest absolute Gasteiger partial charge is 0.381 e. The molecule has 1 N–H and O–H groups in total. The summed E-state index contributed by atoms with van der Waals surface area (Å²) in [6.07, 6.45) is 0.503. The molecule has 0 saturated carbocycles. The first-order valence-corrected chi connectivity index (χ1v) is 6.09. The monoisotopic (exact) mass is 236 g/mol. The zero-order valence-corrected chi connectivity index (χ0v) is 10.4. The van der Waals surface area contributed by atoms with Crippen LogP contribution in [0.4, 0.5) is 5.69 Å². The molecular weight excluding hydrogens is 220 g/mol. The van der Waals surface area contributed by atoms with E-state index < -0.39 is 0 Å². The highest BCUT2D eigenvalue weighted by Gasteiger charge is 2.06. The van der Waals surface area contributed by atoms with E-state index in [1.54, 1.807) is 0 Å². The van der Waals surface area contributed by atoms with Crippen molar-refractivity contribution in [2.75, 3.05) is 5.32 Å². The zero-order valence-electron chi connectivity index (χ0n) is 10.4. The molecule has 0 aromatic heterocycles. The average molecular weight is 236 g/mol. The van der Waals surface area contributed by atoms with E-state index in [2.05, 4.69) is 35.7 Å². The van der Waals surface area contributed by atoms with Crippen LogP contribution in [0.25, 0.3) is 11.1 Å². The van der Waals surface area contributed by atoms with Gasteiger partial charge in [0.05, 0.1) is 12.5 Å². The van der Waals surface area contributed by atoms with Gasteiger partial charge in [-0.1, -0.05) is 48.5 Å². The molecule has 0 saturated heterocycles. The maximum atomic E-state index is 8.71. The van der Waals surface area contributed by atoms with Crippen LogP contribution in [0.5, 0.6) is 0 Å². The van der Waals surface area contributed by atoms with Crippen LogP contribution in [0.2, 0.25) is 0 Å². The molecular formula is C16H16N2. The summed E-state index contributed by atoms with van der Waals surface area (Å²) in [7, 11) is 0. The topological polar surface area (TPSA) is 35.8 Å². The van der Waals surface area contributed by atoms with Crippen molar-refractivity contribution in [1.29, 1.82) is 5.26 Å². The number of rotatable bonds is 4. The quantitative estimate of drug-likeness (QED) is 0.868. The van der Waals surface area contributed by atoms with Crippen LogP contribution >= 0.6 is 0 Å². The zero-order chi connectivity index (χ0) is 12.8. The fourth-order valence-corrected chi connectivity index (χ4v) is 1.93. The standard InChI is InChI=1S/C16H16N2/c1-13(11-12-17)18-16-10-6-5-9-15(16)14-7-3-2-4-8-14/h2-10,13,18H,11H2,1H3. The molecule has 0 radical (unpaired) electrons. The molecule has 2 aromatic carbocycles. The normalized spacial score (nSPS) is 11.6. The molecule has 0 heterocycles. The van der Waals surface area contributed by atoms with Gasteiger partial charge >= 0.3 is 0 Å². The first-order valence-electron chi connectivity index (χ1n) is 6.09. The van der Waals surface area contributed by atoms with Crippen LogP contribution in [0.1, 0.15) is 13.3 Å². The predicted molar refractivity (Wildman–Crippen MR) is 75.2 cm³/mol. The molecule has 1 unspecified atom stereocenters. The number of hydrogen-bond donors (Lipinski definition) is 1. The fraction of sp³-hybridized carbons (Fsp3) is 0.188. The molecule has 0 amide bonds. The number of anilines is 1. The summed E-state index contributed by atoms with van der Waals surface area (Å²) in [4.78, 5) is 0. The van der Waals surface area contributed by atoms with Gasteiger partial charge < -0.3 is 5.32 Å². The van der Waals surface area contributed by atoms with Crippen molar-refractivity contribution >= 4 is 5.69 Å². The lowest BCUT2D eigenvalue weighted by molar-refractivity contribution is 0.821. The molecule has 90 valence electrons. The van der Waals surface area contributed by atoms with Crippen molar-refractivity contribution in [3.8, 4) is 17.2 Å². The van der Waals surface area contributed by atoms with E-state index in [1.165, 1.54) is 11.1 Å². The lowest BCUT2D eigenvalue weighted by Gasteiger charge is -2.16. The van der Waals surface area contributed by atoms with Gasteiger partial charge in [0.15, 0.2) is 0 Å². The number of nitriles is 1. The first kappa shape index (κ1) is 12.2. The van der Waals surface area contributed by atoms with Crippen molar-refractivity contribution < 1.29 is 0 Å². The lowest BCUT2D eigenvalue weighted by Crippen LogP contribution is -2.14. The Hall–Kier alpha value is -2.27. The van der Waals surface area contributed by atoms with Crippen molar-refractivity contribution in [2.24, 2.45) is 0 Å². The van der Waals surface area contributed by atoms with Crippen molar-refractivity contribution in [2.45, 2.75) is 19.4 Å². The Morgan fingerprint density at radius 3 is 2.44 bits per heavy atom. The van der Waals surface area contributed by atoms with Crippen LogP contribution in [-0.2, 0) is 0 Å². The van der Waals surface area contributed by atoms with E-state index in [0.717, 1.165) is 5.69 Å². The van der Waals surface area contributed by atoms with Crippen molar-refractivity contribution in [3.05, 3.63) is 54.6 Å². The van der Waals surface area contributed by atoms with Crippen molar-refractivity contribution in [3.63, 3.8) is 0 Å². The van der Waals surface area contributed by atoms with Gasteiger partial charge in [-0.15, -0.1) is 0 Å². The molecule has 2 heteroatoms. The minimum absolute atomic E-state index is 0.153. The molecule has 2 nitrogen and oxygen atoms in total. The molecule has 0 fully saturated rings. The highest BCUT2D eigenvalue weighted by atomic mass is 14.9. The van der Waals surface area contributed by atoms with Crippen molar-refractivity contribution in [1.82, 2.24) is 0 Å². The van der Waals surface area contributed by atoms with Gasteiger partial charge in [-0.2, -0.15) is 5.26 Å². The number of benzene rings is 2. The Bertz CT molecular complexity index is 541. The number of nitrogens with one attached hydrogen (secondary N) is 1. The third kappa shape index (κ3) is 2.89. The molecule has 2 rings (SSSR count). The highest BCUT2D eigenvalue weighted by Crippen LogP contribution is 2.28. The van der Waals surface area contributed by atoms with Gasteiger partial charge in [-0.25, -0.2) is 0 Å². The number of para-hydroxylation sites is 1.